The molecule has 52 valence electrons. The molecule has 0 heterocycles. The lowest BCUT2D eigenvalue weighted by molar-refractivity contribution is 0.174. The summed E-state index contributed by atoms with van der Waals surface area (Å²) in [7, 11) is 0. The summed E-state index contributed by atoms with van der Waals surface area (Å²) in [5.74, 6) is -0.0117. The molecule has 0 aromatic heterocycles. The van der Waals surface area contributed by atoms with Gasteiger partial charge in [0.1, 0.15) is 6.17 Å². The average molecular weight is 131 g/mol. The molecule has 0 aromatic rings. The Morgan fingerprint density at radius 1 is 1.44 bits per heavy atom. The number of hydrogen-bond donors (Lipinski definition) is 2. The lowest BCUT2D eigenvalue weighted by Crippen LogP contribution is -2.35. The first-order chi connectivity index (χ1) is 4.20. The van der Waals surface area contributed by atoms with Crippen LogP contribution in [-0.4, -0.2) is 18.2 Å². The van der Waals surface area contributed by atoms with Crippen molar-refractivity contribution in [3.05, 3.63) is 0 Å². The molecule has 0 saturated heterocycles. The molecule has 4 N–H and O–H groups in total. The summed E-state index contributed by atoms with van der Waals surface area (Å²) >= 11 is 0. The van der Waals surface area contributed by atoms with Gasteiger partial charge in [0.25, 0.3) is 0 Å². The zero-order valence-corrected chi connectivity index (χ0v) is 5.05. The molecule has 3 nitrogen and oxygen atoms in total. The smallest absolute Gasteiger partial charge is 0.186 e. The fourth-order valence-electron chi connectivity index (χ4n) is 0.779. The van der Waals surface area contributed by atoms with Crippen molar-refractivity contribution in [3.8, 4) is 0 Å². The molecule has 0 radical (unpaired) electrons. The Balaban J connectivity index is 2.37. The van der Waals surface area contributed by atoms with Crippen LogP contribution in [0.5, 0.6) is 0 Å². The first-order valence-corrected chi connectivity index (χ1v) is 2.93. The van der Waals surface area contributed by atoms with Crippen LogP contribution in [0.4, 0.5) is 4.39 Å². The topological polar surface area (TPSA) is 64.4 Å². The number of halogens is 1. The predicted octanol–water partition coefficient (Wildman–Crippen LogP) is -0.240. The zero-order chi connectivity index (χ0) is 6.85. The van der Waals surface area contributed by atoms with Crippen molar-refractivity contribution >= 4 is 5.96 Å². The van der Waals surface area contributed by atoms with Crippen LogP contribution in [0.25, 0.3) is 0 Å². The van der Waals surface area contributed by atoms with Crippen molar-refractivity contribution in [2.45, 2.75) is 25.1 Å². The van der Waals surface area contributed by atoms with Gasteiger partial charge in [-0.1, -0.05) is 0 Å². The van der Waals surface area contributed by atoms with E-state index in [4.69, 9.17) is 11.5 Å². The van der Waals surface area contributed by atoms with Crippen molar-refractivity contribution in [2.24, 2.45) is 16.5 Å². The summed E-state index contributed by atoms with van der Waals surface area (Å²) < 4.78 is 12.3. The summed E-state index contributed by atoms with van der Waals surface area (Å²) in [5, 5.41) is 0. The maximum Gasteiger partial charge on any atom is 0.186 e. The number of alkyl halides is 1. The lowest BCUT2D eigenvalue weighted by atomic mass is 9.91. The highest BCUT2D eigenvalue weighted by Crippen LogP contribution is 2.25. The van der Waals surface area contributed by atoms with Crippen LogP contribution >= 0.6 is 0 Å². The van der Waals surface area contributed by atoms with Gasteiger partial charge in [0.05, 0.1) is 6.04 Å². The summed E-state index contributed by atoms with van der Waals surface area (Å²) in [6.45, 7) is 0. The minimum atomic E-state index is -0.813. The maximum absolute atomic E-state index is 12.3. The molecule has 1 saturated carbocycles. The van der Waals surface area contributed by atoms with Crippen molar-refractivity contribution in [1.82, 2.24) is 0 Å². The molecule has 0 aromatic carbocycles. The maximum atomic E-state index is 12.3. The Hall–Kier alpha value is -0.800. The van der Waals surface area contributed by atoms with E-state index in [1.165, 1.54) is 0 Å². The van der Waals surface area contributed by atoms with Crippen molar-refractivity contribution in [3.63, 3.8) is 0 Å². The number of hydrogen-bond acceptors (Lipinski definition) is 1. The first-order valence-electron chi connectivity index (χ1n) is 2.93. The molecule has 1 aliphatic carbocycles. The monoisotopic (exact) mass is 131 g/mol. The molecule has 0 aliphatic heterocycles. The highest BCUT2D eigenvalue weighted by atomic mass is 19.1. The van der Waals surface area contributed by atoms with E-state index in [1.807, 2.05) is 0 Å². The minimum absolute atomic E-state index is 0.0117. The van der Waals surface area contributed by atoms with Gasteiger partial charge in [-0.25, -0.2) is 9.38 Å². The van der Waals surface area contributed by atoms with Crippen LogP contribution < -0.4 is 11.5 Å². The van der Waals surface area contributed by atoms with Crippen LogP contribution in [0.2, 0.25) is 0 Å². The Labute approximate surface area is 52.9 Å². The van der Waals surface area contributed by atoms with Crippen LogP contribution in [0.15, 0.2) is 4.99 Å². The third-order valence-electron chi connectivity index (χ3n) is 1.47. The van der Waals surface area contributed by atoms with Gasteiger partial charge in [-0.05, 0) is 12.8 Å². The molecule has 2 unspecified atom stereocenters. The molecular formula is C5H10FN3. The van der Waals surface area contributed by atoms with Crippen LogP contribution in [-0.2, 0) is 0 Å². The molecule has 9 heavy (non-hydrogen) atoms. The van der Waals surface area contributed by atoms with Crippen LogP contribution in [0, 0.1) is 0 Å². The fraction of sp³-hybridized carbons (Fsp3) is 0.800. The van der Waals surface area contributed by atoms with E-state index in [0.717, 1.165) is 6.42 Å². The third-order valence-corrected chi connectivity index (χ3v) is 1.47. The van der Waals surface area contributed by atoms with E-state index in [2.05, 4.69) is 4.99 Å². The second-order valence-corrected chi connectivity index (χ2v) is 2.21. The minimum Gasteiger partial charge on any atom is -0.370 e. The molecule has 0 bridgehead atoms. The largest absolute Gasteiger partial charge is 0.370 e. The van der Waals surface area contributed by atoms with Crippen molar-refractivity contribution < 1.29 is 4.39 Å². The Bertz CT molecular complexity index is 130. The molecule has 4 heteroatoms. The van der Waals surface area contributed by atoms with E-state index in [1.54, 1.807) is 0 Å². The van der Waals surface area contributed by atoms with Gasteiger partial charge in [0, 0.05) is 0 Å². The molecule has 1 rings (SSSR count). The Kier molecular flexibility index (Phi) is 1.55. The molecule has 0 spiro atoms. The first kappa shape index (κ1) is 6.32. The van der Waals surface area contributed by atoms with Crippen molar-refractivity contribution in [2.75, 3.05) is 0 Å². The number of nitrogens with two attached hydrogens (primary N) is 2. The number of guanidine groups is 1. The number of nitrogens with zero attached hydrogens (tertiary/aromatic N) is 1. The van der Waals surface area contributed by atoms with E-state index in [-0.39, 0.29) is 12.0 Å². The zero-order valence-electron chi connectivity index (χ0n) is 5.05. The standard InChI is InChI=1S/C5H10FN3/c6-3-1-2-4(3)9-5(7)8/h3-4H,1-2H2,(H4,7,8,9). The summed E-state index contributed by atoms with van der Waals surface area (Å²) in [5.41, 5.74) is 10.1. The van der Waals surface area contributed by atoms with E-state index in [9.17, 15) is 4.39 Å². The SMILES string of the molecule is NC(N)=NC1CCC1F. The van der Waals surface area contributed by atoms with Gasteiger partial charge in [0.2, 0.25) is 0 Å². The second-order valence-electron chi connectivity index (χ2n) is 2.21. The Morgan fingerprint density at radius 3 is 2.22 bits per heavy atom. The molecule has 1 fully saturated rings. The van der Waals surface area contributed by atoms with E-state index >= 15 is 0 Å². The van der Waals surface area contributed by atoms with E-state index in [0.29, 0.717) is 6.42 Å². The molecular weight excluding hydrogens is 121 g/mol. The predicted molar refractivity (Wildman–Crippen MR) is 33.7 cm³/mol. The lowest BCUT2D eigenvalue weighted by Gasteiger charge is -2.26. The normalized spacial score (nSPS) is 33.0. The molecule has 1 aliphatic rings. The van der Waals surface area contributed by atoms with Gasteiger partial charge < -0.3 is 11.5 Å². The van der Waals surface area contributed by atoms with E-state index < -0.39 is 6.17 Å². The third kappa shape index (κ3) is 1.31. The molecule has 2 atom stereocenters. The number of aliphatic imine (C=N–C) groups is 1. The fourth-order valence-corrected chi connectivity index (χ4v) is 0.779. The Morgan fingerprint density at radius 2 is 2.11 bits per heavy atom. The summed E-state index contributed by atoms with van der Waals surface area (Å²) in [6, 6.07) is -0.255. The van der Waals surface area contributed by atoms with Gasteiger partial charge in [-0.2, -0.15) is 0 Å². The average Bonchev–Trinajstić information content (AvgIpc) is 1.79. The van der Waals surface area contributed by atoms with Crippen LogP contribution in [0.3, 0.4) is 0 Å². The van der Waals surface area contributed by atoms with Crippen LogP contribution in [0.1, 0.15) is 12.8 Å². The van der Waals surface area contributed by atoms with Gasteiger partial charge in [-0.3, -0.25) is 0 Å². The molecule has 0 amide bonds. The van der Waals surface area contributed by atoms with Gasteiger partial charge >= 0.3 is 0 Å². The van der Waals surface area contributed by atoms with Gasteiger partial charge in [-0.15, -0.1) is 0 Å². The summed E-state index contributed by atoms with van der Waals surface area (Å²) in [6.07, 6.45) is 0.563. The highest BCUT2D eigenvalue weighted by Gasteiger charge is 2.30. The second kappa shape index (κ2) is 2.21. The quantitative estimate of drug-likeness (QED) is 0.381. The van der Waals surface area contributed by atoms with Gasteiger partial charge in [0.15, 0.2) is 5.96 Å². The van der Waals surface area contributed by atoms with Crippen molar-refractivity contribution in [1.29, 1.82) is 0 Å². The summed E-state index contributed by atoms with van der Waals surface area (Å²) in [4.78, 5) is 3.66. The highest BCUT2D eigenvalue weighted by molar-refractivity contribution is 5.76. The number of rotatable bonds is 1.